The maximum Gasteiger partial charge on any atom is -0.0250 e. The van der Waals surface area contributed by atoms with Gasteiger partial charge in [-0.05, 0) is 19.5 Å². The fraction of sp³-hybridized carbons (Fsp3) is 0.778. The Morgan fingerprint density at radius 1 is 1.20 bits per heavy atom. The zero-order valence-corrected chi connectivity index (χ0v) is 8.03. The van der Waals surface area contributed by atoms with E-state index in [-0.39, 0.29) is 0 Å². The van der Waals surface area contributed by atoms with Crippen LogP contribution in [0.25, 0.3) is 0 Å². The third-order valence-electron chi connectivity index (χ3n) is 1.40. The van der Waals surface area contributed by atoms with Gasteiger partial charge in [0.2, 0.25) is 0 Å². The van der Waals surface area contributed by atoms with Crippen LogP contribution >= 0.6 is 8.58 Å². The number of allylic oxidation sites excluding steroid dienone is 1. The Balaban J connectivity index is 2.77. The van der Waals surface area contributed by atoms with Gasteiger partial charge in [-0.3, -0.25) is 0 Å². The van der Waals surface area contributed by atoms with Gasteiger partial charge < -0.3 is 0 Å². The van der Waals surface area contributed by atoms with Gasteiger partial charge in [0.05, 0.1) is 0 Å². The molecular formula is C9H18P. The van der Waals surface area contributed by atoms with Crippen LogP contribution in [-0.4, -0.2) is 6.16 Å². The van der Waals surface area contributed by atoms with Crippen molar-refractivity contribution in [2.75, 3.05) is 6.16 Å². The molecule has 0 aromatic heterocycles. The Bertz CT molecular complexity index is 76.8. The van der Waals surface area contributed by atoms with E-state index < -0.39 is 0 Å². The SMILES string of the molecule is C/C=C\[P]CCCCCC. The summed E-state index contributed by atoms with van der Waals surface area (Å²) in [5.74, 6) is 2.23. The highest BCUT2D eigenvalue weighted by molar-refractivity contribution is 7.41. The molecule has 0 saturated carbocycles. The maximum atomic E-state index is 2.25. The minimum atomic E-state index is 1.35. The van der Waals surface area contributed by atoms with E-state index in [9.17, 15) is 0 Å². The van der Waals surface area contributed by atoms with Gasteiger partial charge in [0, 0.05) is 0 Å². The molecule has 0 aromatic rings. The second-order valence-electron chi connectivity index (χ2n) is 2.45. The lowest BCUT2D eigenvalue weighted by molar-refractivity contribution is 0.706. The van der Waals surface area contributed by atoms with E-state index in [2.05, 4.69) is 25.7 Å². The summed E-state index contributed by atoms with van der Waals surface area (Å²) in [7, 11) is 1.49. The van der Waals surface area contributed by atoms with E-state index >= 15 is 0 Å². The molecule has 0 fully saturated rings. The van der Waals surface area contributed by atoms with Crippen molar-refractivity contribution in [2.24, 2.45) is 0 Å². The lowest BCUT2D eigenvalue weighted by atomic mass is 10.2. The van der Waals surface area contributed by atoms with Crippen molar-refractivity contribution in [3.05, 3.63) is 11.9 Å². The first-order chi connectivity index (χ1) is 4.91. The number of rotatable bonds is 6. The van der Waals surface area contributed by atoms with Gasteiger partial charge in [-0.15, -0.1) is 0 Å². The molecule has 0 rings (SSSR count). The molecule has 0 atom stereocenters. The molecule has 0 aliphatic carbocycles. The van der Waals surface area contributed by atoms with Crippen LogP contribution < -0.4 is 0 Å². The second kappa shape index (κ2) is 9.17. The molecule has 0 spiro atoms. The molecule has 1 radical (unpaired) electrons. The first kappa shape index (κ1) is 10.2. The van der Waals surface area contributed by atoms with Crippen molar-refractivity contribution in [3.63, 3.8) is 0 Å². The summed E-state index contributed by atoms with van der Waals surface area (Å²) in [5.41, 5.74) is 0. The Morgan fingerprint density at radius 3 is 2.60 bits per heavy atom. The quantitative estimate of drug-likeness (QED) is 0.403. The highest BCUT2D eigenvalue weighted by atomic mass is 31.1. The Hall–Kier alpha value is 0.170. The standard InChI is InChI=1S/C9H18P/c1-3-5-6-7-9-10-8-4-2/h4,8H,3,5-7,9H2,1-2H3/b8-4-. The Labute approximate surface area is 66.9 Å². The van der Waals surface area contributed by atoms with Gasteiger partial charge in [0.1, 0.15) is 0 Å². The molecule has 0 aliphatic heterocycles. The largest absolute Gasteiger partial charge is 0.0868 e. The van der Waals surface area contributed by atoms with Crippen molar-refractivity contribution in [1.29, 1.82) is 0 Å². The van der Waals surface area contributed by atoms with Crippen molar-refractivity contribution < 1.29 is 0 Å². The van der Waals surface area contributed by atoms with E-state index in [1.807, 2.05) is 0 Å². The predicted octanol–water partition coefficient (Wildman–Crippen LogP) is 4.05. The molecule has 0 amide bonds. The number of unbranched alkanes of at least 4 members (excludes halogenated alkanes) is 3. The van der Waals surface area contributed by atoms with E-state index in [1.165, 1.54) is 40.4 Å². The maximum absolute atomic E-state index is 2.25. The Kier molecular flexibility index (Phi) is 9.33. The minimum Gasteiger partial charge on any atom is -0.0868 e. The fourth-order valence-corrected chi connectivity index (χ4v) is 1.58. The first-order valence-corrected chi connectivity index (χ1v) is 5.34. The molecular weight excluding hydrogens is 139 g/mol. The zero-order valence-electron chi connectivity index (χ0n) is 7.14. The van der Waals surface area contributed by atoms with Gasteiger partial charge >= 0.3 is 0 Å². The average Bonchev–Trinajstić information content (AvgIpc) is 1.97. The molecule has 0 aromatic carbocycles. The lowest BCUT2D eigenvalue weighted by Gasteiger charge is -1.94. The van der Waals surface area contributed by atoms with Crippen LogP contribution in [0, 0.1) is 0 Å². The summed E-state index contributed by atoms with van der Waals surface area (Å²) in [6.45, 7) is 4.34. The van der Waals surface area contributed by atoms with Gasteiger partial charge in [0.25, 0.3) is 0 Å². The molecule has 10 heavy (non-hydrogen) atoms. The fourth-order valence-electron chi connectivity index (χ4n) is 0.810. The molecule has 59 valence electrons. The predicted molar refractivity (Wildman–Crippen MR) is 50.7 cm³/mol. The molecule has 0 N–H and O–H groups in total. The molecule has 0 unspecified atom stereocenters. The van der Waals surface area contributed by atoms with E-state index in [1.54, 1.807) is 0 Å². The highest BCUT2D eigenvalue weighted by Gasteiger charge is 1.85. The molecule has 0 heterocycles. The van der Waals surface area contributed by atoms with Crippen molar-refractivity contribution in [1.82, 2.24) is 0 Å². The van der Waals surface area contributed by atoms with Crippen LogP contribution in [0.3, 0.4) is 0 Å². The first-order valence-electron chi connectivity index (χ1n) is 4.19. The topological polar surface area (TPSA) is 0 Å². The third-order valence-corrected chi connectivity index (χ3v) is 2.48. The second-order valence-corrected chi connectivity index (χ2v) is 3.56. The summed E-state index contributed by atoms with van der Waals surface area (Å²) in [6, 6.07) is 0. The van der Waals surface area contributed by atoms with Crippen LogP contribution in [0.2, 0.25) is 0 Å². The monoisotopic (exact) mass is 157 g/mol. The molecule has 0 bridgehead atoms. The van der Waals surface area contributed by atoms with Crippen LogP contribution in [0.4, 0.5) is 0 Å². The average molecular weight is 157 g/mol. The number of hydrogen-bond donors (Lipinski definition) is 0. The van der Waals surface area contributed by atoms with Crippen LogP contribution in [0.1, 0.15) is 39.5 Å². The van der Waals surface area contributed by atoms with Crippen LogP contribution in [0.15, 0.2) is 11.9 Å². The van der Waals surface area contributed by atoms with Crippen molar-refractivity contribution in [2.45, 2.75) is 39.5 Å². The van der Waals surface area contributed by atoms with Crippen LogP contribution in [0.5, 0.6) is 0 Å². The lowest BCUT2D eigenvalue weighted by Crippen LogP contribution is -1.76. The smallest absolute Gasteiger partial charge is 0.0250 e. The normalized spacial score (nSPS) is 12.2. The van der Waals surface area contributed by atoms with E-state index in [0.717, 1.165) is 0 Å². The van der Waals surface area contributed by atoms with Gasteiger partial charge in [-0.1, -0.05) is 46.7 Å². The van der Waals surface area contributed by atoms with Crippen molar-refractivity contribution >= 4 is 8.58 Å². The zero-order chi connectivity index (χ0) is 7.66. The molecule has 0 saturated heterocycles. The summed E-state index contributed by atoms with van der Waals surface area (Å²) < 4.78 is 0. The molecule has 0 aliphatic rings. The summed E-state index contributed by atoms with van der Waals surface area (Å²) >= 11 is 0. The molecule has 0 nitrogen and oxygen atoms in total. The minimum absolute atomic E-state index is 1.35. The van der Waals surface area contributed by atoms with E-state index in [0.29, 0.717) is 0 Å². The summed E-state index contributed by atoms with van der Waals surface area (Å²) in [4.78, 5) is 0. The highest BCUT2D eigenvalue weighted by Crippen LogP contribution is 2.14. The number of hydrogen-bond acceptors (Lipinski definition) is 0. The van der Waals surface area contributed by atoms with Gasteiger partial charge in [-0.25, -0.2) is 0 Å². The van der Waals surface area contributed by atoms with E-state index in [4.69, 9.17) is 0 Å². The summed E-state index contributed by atoms with van der Waals surface area (Å²) in [5, 5.41) is 0. The third kappa shape index (κ3) is 8.17. The van der Waals surface area contributed by atoms with Gasteiger partial charge in [0.15, 0.2) is 0 Å². The van der Waals surface area contributed by atoms with Gasteiger partial charge in [-0.2, -0.15) is 0 Å². The summed E-state index contributed by atoms with van der Waals surface area (Å²) in [6.07, 6.45) is 9.05. The Morgan fingerprint density at radius 2 is 2.00 bits per heavy atom. The van der Waals surface area contributed by atoms with Crippen LogP contribution in [-0.2, 0) is 0 Å². The molecule has 1 heteroatoms. The van der Waals surface area contributed by atoms with Crippen molar-refractivity contribution in [3.8, 4) is 0 Å².